The Bertz CT molecular complexity index is 1420. The second-order valence-electron chi connectivity index (χ2n) is 8.96. The van der Waals surface area contributed by atoms with Crippen molar-refractivity contribution < 1.29 is 14.1 Å². The number of rotatable bonds is 6. The molecule has 7 heteroatoms. The fourth-order valence-electron chi connectivity index (χ4n) is 4.41. The van der Waals surface area contributed by atoms with E-state index in [2.05, 4.69) is 10.5 Å². The van der Waals surface area contributed by atoms with Crippen molar-refractivity contribution in [2.75, 3.05) is 7.11 Å². The first-order chi connectivity index (χ1) is 17.4. The highest BCUT2D eigenvalue weighted by atomic mass is 16.5. The van der Waals surface area contributed by atoms with Crippen LogP contribution >= 0.6 is 0 Å². The number of nitrogens with one attached hydrogen (secondary N) is 1. The normalized spacial score (nSPS) is 15.7. The molecule has 3 aromatic carbocycles. The summed E-state index contributed by atoms with van der Waals surface area (Å²) in [5.74, 6) is 1.61. The Labute approximate surface area is 210 Å². The van der Waals surface area contributed by atoms with E-state index >= 15 is 0 Å². The molecule has 4 aromatic rings. The summed E-state index contributed by atoms with van der Waals surface area (Å²) in [6.45, 7) is 6.44. The van der Waals surface area contributed by atoms with Gasteiger partial charge < -0.3 is 14.6 Å². The van der Waals surface area contributed by atoms with Gasteiger partial charge in [0.25, 0.3) is 5.89 Å². The lowest BCUT2D eigenvalue weighted by Gasteiger charge is -2.35. The second-order valence-corrected chi connectivity index (χ2v) is 8.96. The van der Waals surface area contributed by atoms with Gasteiger partial charge in [0.2, 0.25) is 5.82 Å². The third-order valence-electron chi connectivity index (χ3n) is 6.60. The van der Waals surface area contributed by atoms with Crippen molar-refractivity contribution in [3.8, 4) is 17.1 Å². The van der Waals surface area contributed by atoms with Gasteiger partial charge in [-0.1, -0.05) is 71.4 Å². The van der Waals surface area contributed by atoms with Gasteiger partial charge in [-0.3, -0.25) is 4.90 Å². The Kier molecular flexibility index (Phi) is 6.29. The summed E-state index contributed by atoms with van der Waals surface area (Å²) in [6, 6.07) is 23.0. The van der Waals surface area contributed by atoms with E-state index in [1.807, 2.05) is 93.6 Å². The molecular formula is C29H28N4O3. The van der Waals surface area contributed by atoms with E-state index < -0.39 is 6.04 Å². The number of methoxy groups -OCH3 is 1. The predicted molar refractivity (Wildman–Crippen MR) is 138 cm³/mol. The number of aromatic nitrogens is 2. The molecule has 7 nitrogen and oxygen atoms in total. The van der Waals surface area contributed by atoms with Crippen LogP contribution in [0.1, 0.15) is 41.1 Å². The van der Waals surface area contributed by atoms with Crippen molar-refractivity contribution in [3.63, 3.8) is 0 Å². The lowest BCUT2D eigenvalue weighted by atomic mass is 9.94. The Balaban J connectivity index is 1.59. The predicted octanol–water partition coefficient (Wildman–Crippen LogP) is 6.06. The molecule has 0 bridgehead atoms. The van der Waals surface area contributed by atoms with Gasteiger partial charge in [0.1, 0.15) is 5.75 Å². The lowest BCUT2D eigenvalue weighted by Crippen LogP contribution is -2.45. The molecule has 0 saturated heterocycles. The number of carbonyl (C=O) groups excluding carboxylic acids is 1. The monoisotopic (exact) mass is 480 g/mol. The number of allylic oxidation sites excluding steroid dienone is 1. The van der Waals surface area contributed by atoms with Gasteiger partial charge in [-0.2, -0.15) is 4.98 Å². The van der Waals surface area contributed by atoms with Gasteiger partial charge in [-0.05, 0) is 49.6 Å². The van der Waals surface area contributed by atoms with Crippen LogP contribution in [0.2, 0.25) is 0 Å². The zero-order valence-electron chi connectivity index (χ0n) is 20.8. The SMILES string of the molecule is COc1ccc(C2NC(=O)N(Cc3ccccc3C)C(C)=C2c2nc(-c3ccc(C)cc3)no2)cc1. The summed E-state index contributed by atoms with van der Waals surface area (Å²) < 4.78 is 11.1. The number of carbonyl (C=O) groups is 1. The average Bonchev–Trinajstić information content (AvgIpc) is 3.37. The number of hydrogen-bond acceptors (Lipinski definition) is 5. The van der Waals surface area contributed by atoms with Crippen LogP contribution in [-0.4, -0.2) is 28.2 Å². The maximum atomic E-state index is 13.4. The van der Waals surface area contributed by atoms with Crippen LogP contribution < -0.4 is 10.1 Å². The van der Waals surface area contributed by atoms with Crippen LogP contribution in [0.15, 0.2) is 83.0 Å². The molecule has 182 valence electrons. The minimum absolute atomic E-state index is 0.182. The van der Waals surface area contributed by atoms with Crippen molar-refractivity contribution in [2.24, 2.45) is 0 Å². The molecular weight excluding hydrogens is 452 g/mol. The Morgan fingerprint density at radius 3 is 2.39 bits per heavy atom. The Morgan fingerprint density at radius 2 is 1.69 bits per heavy atom. The van der Waals surface area contributed by atoms with Crippen molar-refractivity contribution in [2.45, 2.75) is 33.4 Å². The van der Waals surface area contributed by atoms with Crippen molar-refractivity contribution in [1.29, 1.82) is 0 Å². The van der Waals surface area contributed by atoms with Gasteiger partial charge in [-0.25, -0.2) is 4.79 Å². The third kappa shape index (κ3) is 4.47. The van der Waals surface area contributed by atoms with Gasteiger partial charge in [0.05, 0.1) is 25.3 Å². The molecule has 1 aliphatic heterocycles. The number of hydrogen-bond donors (Lipinski definition) is 1. The molecule has 1 unspecified atom stereocenters. The summed E-state index contributed by atoms with van der Waals surface area (Å²) >= 11 is 0. The topological polar surface area (TPSA) is 80.5 Å². The quantitative estimate of drug-likeness (QED) is 0.363. The van der Waals surface area contributed by atoms with Crippen molar-refractivity contribution >= 4 is 11.6 Å². The molecule has 0 aliphatic carbocycles. The number of aryl methyl sites for hydroxylation is 2. The van der Waals surface area contributed by atoms with Gasteiger partial charge in [0, 0.05) is 11.3 Å². The first kappa shape index (κ1) is 23.4. The number of urea groups is 1. The largest absolute Gasteiger partial charge is 0.497 e. The van der Waals surface area contributed by atoms with Crippen LogP contribution in [0.3, 0.4) is 0 Å². The molecule has 0 fully saturated rings. The van der Waals surface area contributed by atoms with E-state index in [4.69, 9.17) is 14.2 Å². The summed E-state index contributed by atoms with van der Waals surface area (Å²) in [6.07, 6.45) is 0. The maximum Gasteiger partial charge on any atom is 0.322 e. The fraction of sp³-hybridized carbons (Fsp3) is 0.207. The molecule has 1 atom stereocenters. The van der Waals surface area contributed by atoms with Crippen molar-refractivity contribution in [3.05, 3.63) is 107 Å². The average molecular weight is 481 g/mol. The van der Waals surface area contributed by atoms with E-state index in [9.17, 15) is 4.79 Å². The van der Waals surface area contributed by atoms with E-state index in [-0.39, 0.29) is 6.03 Å². The molecule has 1 aromatic heterocycles. The van der Waals surface area contributed by atoms with Crippen LogP contribution in [0.5, 0.6) is 5.75 Å². The van der Waals surface area contributed by atoms with E-state index in [0.717, 1.165) is 44.8 Å². The van der Waals surface area contributed by atoms with Gasteiger partial charge in [-0.15, -0.1) is 0 Å². The third-order valence-corrected chi connectivity index (χ3v) is 6.60. The summed E-state index contributed by atoms with van der Waals surface area (Å²) in [4.78, 5) is 19.8. The summed E-state index contributed by atoms with van der Waals surface area (Å²) in [7, 11) is 1.63. The highest BCUT2D eigenvalue weighted by Crippen LogP contribution is 2.38. The van der Waals surface area contributed by atoms with Crippen molar-refractivity contribution in [1.82, 2.24) is 20.4 Å². The van der Waals surface area contributed by atoms with Crippen LogP contribution in [0.25, 0.3) is 17.0 Å². The smallest absolute Gasteiger partial charge is 0.322 e. The first-order valence-corrected chi connectivity index (χ1v) is 11.8. The first-order valence-electron chi connectivity index (χ1n) is 11.8. The number of amides is 2. The van der Waals surface area contributed by atoms with Gasteiger partial charge >= 0.3 is 6.03 Å². The van der Waals surface area contributed by atoms with Gasteiger partial charge in [0.15, 0.2) is 0 Å². The molecule has 0 saturated carbocycles. The van der Waals surface area contributed by atoms with Crippen LogP contribution in [0.4, 0.5) is 4.79 Å². The molecule has 2 heterocycles. The highest BCUT2D eigenvalue weighted by molar-refractivity contribution is 5.87. The summed E-state index contributed by atoms with van der Waals surface area (Å²) in [5, 5.41) is 7.41. The molecule has 36 heavy (non-hydrogen) atoms. The lowest BCUT2D eigenvalue weighted by molar-refractivity contribution is 0.203. The standard InChI is InChI=1S/C29H28N4O3/c1-18-9-11-22(12-10-18)27-31-28(36-32-27)25-20(3)33(17-23-8-6-5-7-19(23)2)29(34)30-26(25)21-13-15-24(35-4)16-14-21/h5-16,26H,17H2,1-4H3,(H,30,34). The number of ether oxygens (including phenoxy) is 1. The zero-order valence-corrected chi connectivity index (χ0v) is 20.8. The molecule has 0 radical (unpaired) electrons. The van der Waals surface area contributed by atoms with E-state index in [0.29, 0.717) is 18.3 Å². The van der Waals surface area contributed by atoms with Crippen LogP contribution in [0, 0.1) is 13.8 Å². The molecule has 0 spiro atoms. The Morgan fingerprint density at radius 1 is 0.972 bits per heavy atom. The molecule has 5 rings (SSSR count). The minimum Gasteiger partial charge on any atom is -0.497 e. The second kappa shape index (κ2) is 9.70. The summed E-state index contributed by atoms with van der Waals surface area (Å²) in [5.41, 5.74) is 6.63. The Hall–Kier alpha value is -4.39. The fourth-order valence-corrected chi connectivity index (χ4v) is 4.41. The minimum atomic E-state index is -0.456. The number of benzene rings is 3. The molecule has 1 aliphatic rings. The maximum absolute atomic E-state index is 13.4. The van der Waals surface area contributed by atoms with E-state index in [1.54, 1.807) is 12.0 Å². The highest BCUT2D eigenvalue weighted by Gasteiger charge is 2.36. The van der Waals surface area contributed by atoms with Crippen LogP contribution in [-0.2, 0) is 6.54 Å². The molecule has 2 amide bonds. The zero-order chi connectivity index (χ0) is 25.2. The van der Waals surface area contributed by atoms with E-state index in [1.165, 1.54) is 0 Å². The molecule has 1 N–H and O–H groups in total. The number of nitrogens with zero attached hydrogens (tertiary/aromatic N) is 3.